The number of benzene rings is 2. The van der Waals surface area contributed by atoms with Gasteiger partial charge in [0.25, 0.3) is 5.56 Å². The van der Waals surface area contributed by atoms with Crippen LogP contribution >= 0.6 is 15.9 Å². The minimum absolute atomic E-state index is 0.0446. The second kappa shape index (κ2) is 9.57. The zero-order valence-corrected chi connectivity index (χ0v) is 18.7. The largest absolute Gasteiger partial charge is 0.497 e. The third kappa shape index (κ3) is 5.26. The van der Waals surface area contributed by atoms with Crippen LogP contribution in [-0.2, 0) is 13.0 Å². The van der Waals surface area contributed by atoms with E-state index in [2.05, 4.69) is 44.9 Å². The van der Waals surface area contributed by atoms with E-state index in [1.807, 2.05) is 31.2 Å². The van der Waals surface area contributed by atoms with Gasteiger partial charge in [0.05, 0.1) is 19.2 Å². The molecule has 6 heteroatoms. The first-order valence-electron chi connectivity index (χ1n) is 9.70. The van der Waals surface area contributed by atoms with Crippen LogP contribution in [0, 0.1) is 13.8 Å². The summed E-state index contributed by atoms with van der Waals surface area (Å²) in [7, 11) is 1.65. The maximum Gasteiger partial charge on any atom is 0.252 e. The van der Waals surface area contributed by atoms with Crippen LogP contribution in [0.2, 0.25) is 0 Å². The number of H-pyrrole nitrogens is 1. The molecule has 3 aromatic rings. The average molecular weight is 459 g/mol. The van der Waals surface area contributed by atoms with Gasteiger partial charge in [0, 0.05) is 29.7 Å². The van der Waals surface area contributed by atoms with Gasteiger partial charge in [-0.3, -0.25) is 9.69 Å². The molecule has 2 N–H and O–H groups in total. The smallest absolute Gasteiger partial charge is 0.252 e. The van der Waals surface area contributed by atoms with Gasteiger partial charge < -0.3 is 14.8 Å². The molecule has 0 saturated heterocycles. The lowest BCUT2D eigenvalue weighted by Crippen LogP contribution is -2.31. The quantitative estimate of drug-likeness (QED) is 0.536. The lowest BCUT2D eigenvalue weighted by Gasteiger charge is -2.22. The van der Waals surface area contributed by atoms with Crippen LogP contribution in [0.5, 0.6) is 5.75 Å². The highest BCUT2D eigenvalue weighted by Crippen LogP contribution is 2.23. The highest BCUT2D eigenvalue weighted by molar-refractivity contribution is 9.10. The Labute approximate surface area is 179 Å². The maximum atomic E-state index is 12.7. The summed E-state index contributed by atoms with van der Waals surface area (Å²) in [5.41, 5.74) is 4.89. The molecule has 0 amide bonds. The third-order valence-corrected chi connectivity index (χ3v) is 5.90. The Hall–Kier alpha value is -2.15. The Morgan fingerprint density at radius 2 is 1.90 bits per heavy atom. The number of aromatic amines is 1. The number of aromatic nitrogens is 1. The number of nitrogens with one attached hydrogen (secondary N) is 1. The summed E-state index contributed by atoms with van der Waals surface area (Å²) in [5, 5.41) is 10.5. The molecule has 3 rings (SSSR count). The number of rotatable bonds is 8. The van der Waals surface area contributed by atoms with Crippen LogP contribution in [0.4, 0.5) is 0 Å². The first-order valence-corrected chi connectivity index (χ1v) is 10.5. The number of hydrogen-bond donors (Lipinski definition) is 2. The van der Waals surface area contributed by atoms with Gasteiger partial charge in [0.1, 0.15) is 5.75 Å². The van der Waals surface area contributed by atoms with Gasteiger partial charge in [-0.1, -0.05) is 27.6 Å². The van der Waals surface area contributed by atoms with Crippen LogP contribution in [0.3, 0.4) is 0 Å². The van der Waals surface area contributed by atoms with Gasteiger partial charge in [0.15, 0.2) is 0 Å². The van der Waals surface area contributed by atoms with E-state index in [4.69, 9.17) is 4.74 Å². The Balaban J connectivity index is 1.82. The van der Waals surface area contributed by atoms with Crippen molar-refractivity contribution in [2.75, 3.05) is 26.8 Å². The van der Waals surface area contributed by atoms with Crippen LogP contribution in [0.25, 0.3) is 10.9 Å². The van der Waals surface area contributed by atoms with E-state index < -0.39 is 0 Å². The summed E-state index contributed by atoms with van der Waals surface area (Å²) in [6.07, 6.45) is 0.779. The number of hydrogen-bond acceptors (Lipinski definition) is 4. The fourth-order valence-corrected chi connectivity index (χ4v) is 4.09. The fourth-order valence-electron chi connectivity index (χ4n) is 3.65. The van der Waals surface area contributed by atoms with Crippen molar-refractivity contribution in [2.45, 2.75) is 26.8 Å². The molecule has 154 valence electrons. The second-order valence-corrected chi connectivity index (χ2v) is 8.23. The number of halogens is 1. The summed E-state index contributed by atoms with van der Waals surface area (Å²) in [5.74, 6) is 0.814. The molecule has 1 heterocycles. The van der Waals surface area contributed by atoms with Crippen LogP contribution < -0.4 is 10.3 Å². The summed E-state index contributed by atoms with van der Waals surface area (Å²) in [6, 6.07) is 12.0. The Bertz CT molecular complexity index is 1060. The van der Waals surface area contributed by atoms with Crippen LogP contribution in [0.15, 0.2) is 45.7 Å². The van der Waals surface area contributed by atoms with E-state index >= 15 is 0 Å². The normalized spacial score (nSPS) is 11.4. The van der Waals surface area contributed by atoms with E-state index in [9.17, 15) is 9.90 Å². The van der Waals surface area contributed by atoms with Gasteiger partial charge in [-0.15, -0.1) is 0 Å². The molecule has 0 saturated carbocycles. The number of aliphatic hydroxyl groups is 1. The highest BCUT2D eigenvalue weighted by Gasteiger charge is 2.12. The molecule has 2 aromatic carbocycles. The first-order chi connectivity index (χ1) is 13.9. The van der Waals surface area contributed by atoms with Crippen LogP contribution in [-0.4, -0.2) is 41.8 Å². The molecule has 5 nitrogen and oxygen atoms in total. The molecule has 0 spiro atoms. The zero-order valence-electron chi connectivity index (χ0n) is 17.1. The fraction of sp³-hybridized carbons (Fsp3) is 0.348. The van der Waals surface area contributed by atoms with Crippen molar-refractivity contribution < 1.29 is 9.84 Å². The number of ether oxygens (including phenoxy) is 1. The summed E-state index contributed by atoms with van der Waals surface area (Å²) >= 11 is 3.59. The van der Waals surface area contributed by atoms with E-state index in [1.54, 1.807) is 7.11 Å². The van der Waals surface area contributed by atoms with E-state index in [0.29, 0.717) is 18.7 Å². The molecule has 0 fully saturated rings. The van der Waals surface area contributed by atoms with Gasteiger partial charge in [-0.25, -0.2) is 0 Å². The molecule has 0 aliphatic carbocycles. The minimum Gasteiger partial charge on any atom is -0.497 e. The van der Waals surface area contributed by atoms with E-state index in [-0.39, 0.29) is 12.2 Å². The van der Waals surface area contributed by atoms with Gasteiger partial charge >= 0.3 is 0 Å². The van der Waals surface area contributed by atoms with E-state index in [0.717, 1.165) is 45.2 Å². The number of nitrogens with zero attached hydrogens (tertiary/aromatic N) is 1. The molecular formula is C23H27BrN2O3. The van der Waals surface area contributed by atoms with Crippen molar-refractivity contribution in [3.63, 3.8) is 0 Å². The third-order valence-electron chi connectivity index (χ3n) is 5.13. The highest BCUT2D eigenvalue weighted by atomic mass is 79.9. The number of aliphatic hydroxyl groups excluding tert-OH is 1. The summed E-state index contributed by atoms with van der Waals surface area (Å²) in [4.78, 5) is 17.8. The molecule has 0 aliphatic rings. The topological polar surface area (TPSA) is 65.6 Å². The molecular weight excluding hydrogens is 432 g/mol. The Morgan fingerprint density at radius 3 is 2.62 bits per heavy atom. The molecule has 0 radical (unpaired) electrons. The Morgan fingerprint density at radius 1 is 1.10 bits per heavy atom. The summed E-state index contributed by atoms with van der Waals surface area (Å²) < 4.78 is 6.34. The monoisotopic (exact) mass is 458 g/mol. The van der Waals surface area contributed by atoms with Gasteiger partial charge in [0.2, 0.25) is 0 Å². The van der Waals surface area contributed by atoms with Crippen molar-refractivity contribution >= 4 is 26.8 Å². The van der Waals surface area contributed by atoms with Crippen molar-refractivity contribution in [1.82, 2.24) is 9.88 Å². The van der Waals surface area contributed by atoms with Crippen molar-refractivity contribution in [2.24, 2.45) is 0 Å². The lowest BCUT2D eigenvalue weighted by atomic mass is 10.0. The van der Waals surface area contributed by atoms with Crippen molar-refractivity contribution in [1.29, 1.82) is 0 Å². The zero-order chi connectivity index (χ0) is 21.0. The lowest BCUT2D eigenvalue weighted by molar-refractivity contribution is 0.191. The number of fused-ring (bicyclic) bond motifs is 1. The SMILES string of the molecule is COc1ccc(Br)c(CCN(CCO)Cc2cc3cc(C)cc(C)c3[nH]c2=O)c1. The number of methoxy groups -OCH3 is 1. The Kier molecular flexibility index (Phi) is 7.11. The number of pyridine rings is 1. The van der Waals surface area contributed by atoms with Crippen molar-refractivity contribution in [3.05, 3.63) is 73.5 Å². The predicted molar refractivity (Wildman–Crippen MR) is 121 cm³/mol. The molecule has 0 unspecified atom stereocenters. The van der Waals surface area contributed by atoms with Gasteiger partial charge in [-0.05, 0) is 67.1 Å². The number of aryl methyl sites for hydroxylation is 2. The standard InChI is InChI=1S/C23H27BrN2O3/c1-15-10-16(2)22-18(11-15)12-19(23(28)25-22)14-26(8-9-27)7-6-17-13-20(29-3)4-5-21(17)24/h4-5,10-13,27H,6-9,14H2,1-3H3,(H,25,28). The molecule has 0 atom stereocenters. The van der Waals surface area contributed by atoms with E-state index in [1.165, 1.54) is 5.56 Å². The molecule has 0 aliphatic heterocycles. The predicted octanol–water partition coefficient (Wildman–Crippen LogP) is 3.95. The molecule has 1 aromatic heterocycles. The molecule has 29 heavy (non-hydrogen) atoms. The van der Waals surface area contributed by atoms with Crippen LogP contribution in [0.1, 0.15) is 22.3 Å². The first kappa shape index (κ1) is 21.6. The average Bonchev–Trinajstić information content (AvgIpc) is 2.68. The summed E-state index contributed by atoms with van der Waals surface area (Å²) in [6.45, 7) is 5.82. The molecule has 0 bridgehead atoms. The van der Waals surface area contributed by atoms with Crippen molar-refractivity contribution in [3.8, 4) is 5.75 Å². The van der Waals surface area contributed by atoms with Gasteiger partial charge in [-0.2, -0.15) is 0 Å². The maximum absolute atomic E-state index is 12.7. The second-order valence-electron chi connectivity index (χ2n) is 7.38. The minimum atomic E-state index is -0.0741.